The minimum atomic E-state index is -0.576. The Bertz CT molecular complexity index is 869. The molecule has 2 aromatic rings. The molecule has 2 rings (SSSR count). The van der Waals surface area contributed by atoms with Crippen LogP contribution in [0.1, 0.15) is 29.3 Å². The maximum absolute atomic E-state index is 12.0. The van der Waals surface area contributed by atoms with E-state index < -0.39 is 5.91 Å². The Morgan fingerprint density at radius 2 is 1.84 bits per heavy atom. The molecule has 0 spiro atoms. The van der Waals surface area contributed by atoms with Crippen molar-refractivity contribution in [1.29, 1.82) is 5.26 Å². The van der Waals surface area contributed by atoms with Gasteiger partial charge in [0.05, 0.1) is 23.2 Å². The normalized spacial score (nSPS) is 10.6. The number of hydrogen-bond acceptors (Lipinski definition) is 5. The molecular formula is C18H16N4O3. The van der Waals surface area contributed by atoms with Crippen molar-refractivity contribution in [2.75, 3.05) is 5.32 Å². The number of hydrogen-bond donors (Lipinski definition) is 3. The Morgan fingerprint density at radius 3 is 2.56 bits per heavy atom. The van der Waals surface area contributed by atoms with Crippen LogP contribution in [0.2, 0.25) is 0 Å². The van der Waals surface area contributed by atoms with Crippen LogP contribution < -0.4 is 10.7 Å². The molecule has 7 nitrogen and oxygen atoms in total. The average molecular weight is 336 g/mol. The van der Waals surface area contributed by atoms with E-state index >= 15 is 0 Å². The number of anilines is 1. The SMILES string of the molecule is C/C(CC(=O)Nc1ccccc1C#N)=N\NC(=O)c1ccccc1O. The molecule has 0 aromatic heterocycles. The molecule has 0 saturated carbocycles. The number of para-hydroxylation sites is 2. The minimum Gasteiger partial charge on any atom is -0.507 e. The molecule has 0 radical (unpaired) electrons. The first-order valence-corrected chi connectivity index (χ1v) is 7.41. The van der Waals surface area contributed by atoms with Gasteiger partial charge in [-0.2, -0.15) is 10.4 Å². The molecule has 0 bridgehead atoms. The third-order valence-electron chi connectivity index (χ3n) is 3.23. The van der Waals surface area contributed by atoms with Crippen LogP contribution in [0, 0.1) is 11.3 Å². The zero-order valence-corrected chi connectivity index (χ0v) is 13.5. The second-order valence-corrected chi connectivity index (χ2v) is 5.19. The third-order valence-corrected chi connectivity index (χ3v) is 3.23. The first-order chi connectivity index (χ1) is 12.0. The highest BCUT2D eigenvalue weighted by Crippen LogP contribution is 2.15. The van der Waals surface area contributed by atoms with Crippen molar-refractivity contribution < 1.29 is 14.7 Å². The molecular weight excluding hydrogens is 320 g/mol. The minimum absolute atomic E-state index is 0.0547. The number of carbonyl (C=O) groups is 2. The van der Waals surface area contributed by atoms with Gasteiger partial charge in [0.25, 0.3) is 5.91 Å². The van der Waals surface area contributed by atoms with Crippen molar-refractivity contribution in [2.45, 2.75) is 13.3 Å². The zero-order valence-electron chi connectivity index (χ0n) is 13.5. The van der Waals surface area contributed by atoms with Gasteiger partial charge >= 0.3 is 0 Å². The number of phenolic OH excluding ortho intramolecular Hbond substituents is 1. The van der Waals surface area contributed by atoms with Gasteiger partial charge in [-0.3, -0.25) is 9.59 Å². The Morgan fingerprint density at radius 1 is 1.16 bits per heavy atom. The van der Waals surface area contributed by atoms with Crippen molar-refractivity contribution in [1.82, 2.24) is 5.43 Å². The van der Waals surface area contributed by atoms with Crippen LogP contribution >= 0.6 is 0 Å². The van der Waals surface area contributed by atoms with Gasteiger partial charge in [0, 0.05) is 5.71 Å². The van der Waals surface area contributed by atoms with Gasteiger partial charge in [0.1, 0.15) is 11.8 Å². The summed E-state index contributed by atoms with van der Waals surface area (Å²) >= 11 is 0. The zero-order chi connectivity index (χ0) is 18.2. The van der Waals surface area contributed by atoms with Crippen LogP contribution in [0.3, 0.4) is 0 Å². The lowest BCUT2D eigenvalue weighted by Crippen LogP contribution is -2.21. The molecule has 0 fully saturated rings. The second kappa shape index (κ2) is 8.26. The molecule has 0 aliphatic heterocycles. The molecule has 0 heterocycles. The van der Waals surface area contributed by atoms with E-state index in [0.717, 1.165) is 0 Å². The van der Waals surface area contributed by atoms with Gasteiger partial charge in [0.15, 0.2) is 0 Å². The molecule has 3 N–H and O–H groups in total. The van der Waals surface area contributed by atoms with Gasteiger partial charge < -0.3 is 10.4 Å². The van der Waals surface area contributed by atoms with E-state index in [0.29, 0.717) is 17.0 Å². The number of nitrogens with one attached hydrogen (secondary N) is 2. The molecule has 0 aliphatic rings. The summed E-state index contributed by atoms with van der Waals surface area (Å²) in [4.78, 5) is 23.9. The fraction of sp³-hybridized carbons (Fsp3) is 0.111. The van der Waals surface area contributed by atoms with Gasteiger partial charge in [-0.25, -0.2) is 5.43 Å². The molecule has 7 heteroatoms. The lowest BCUT2D eigenvalue weighted by Gasteiger charge is -2.07. The van der Waals surface area contributed by atoms with Crippen LogP contribution in [0.5, 0.6) is 5.75 Å². The van der Waals surface area contributed by atoms with E-state index in [1.807, 2.05) is 6.07 Å². The molecule has 2 aromatic carbocycles. The molecule has 25 heavy (non-hydrogen) atoms. The van der Waals surface area contributed by atoms with Crippen LogP contribution in [-0.4, -0.2) is 22.6 Å². The Balaban J connectivity index is 1.95. The van der Waals surface area contributed by atoms with E-state index in [1.54, 1.807) is 43.3 Å². The van der Waals surface area contributed by atoms with Crippen molar-refractivity contribution >= 4 is 23.2 Å². The molecule has 0 unspecified atom stereocenters. The molecule has 126 valence electrons. The van der Waals surface area contributed by atoms with E-state index in [9.17, 15) is 14.7 Å². The number of phenols is 1. The number of nitrogens with zero attached hydrogens (tertiary/aromatic N) is 2. The number of rotatable bonds is 5. The summed E-state index contributed by atoms with van der Waals surface area (Å²) in [6.45, 7) is 1.58. The lowest BCUT2D eigenvalue weighted by atomic mass is 10.2. The number of nitriles is 1. The summed E-state index contributed by atoms with van der Waals surface area (Å²) in [5.74, 6) is -1.09. The Hall–Kier alpha value is -3.66. The third kappa shape index (κ3) is 4.91. The van der Waals surface area contributed by atoms with E-state index in [2.05, 4.69) is 15.8 Å². The Labute approximate surface area is 144 Å². The van der Waals surface area contributed by atoms with Gasteiger partial charge in [-0.1, -0.05) is 24.3 Å². The highest BCUT2D eigenvalue weighted by molar-refractivity contribution is 6.06. The lowest BCUT2D eigenvalue weighted by molar-refractivity contribution is -0.115. The van der Waals surface area contributed by atoms with Crippen LogP contribution in [0.4, 0.5) is 5.69 Å². The number of carbonyl (C=O) groups excluding carboxylic acids is 2. The maximum Gasteiger partial charge on any atom is 0.275 e. The standard InChI is InChI=1S/C18H16N4O3/c1-12(21-22-18(25)14-7-3-5-9-16(14)23)10-17(24)20-15-8-4-2-6-13(15)11-19/h2-9,23H,10H2,1H3,(H,20,24)(H,22,25)/b21-12+. The van der Waals surface area contributed by atoms with Crippen molar-refractivity contribution in [3.63, 3.8) is 0 Å². The molecule has 2 amide bonds. The highest BCUT2D eigenvalue weighted by atomic mass is 16.3. The van der Waals surface area contributed by atoms with E-state index in [-0.39, 0.29) is 23.6 Å². The van der Waals surface area contributed by atoms with Crippen LogP contribution in [-0.2, 0) is 4.79 Å². The Kier molecular flexibility index (Phi) is 5.85. The molecule has 0 atom stereocenters. The summed E-state index contributed by atoms with van der Waals surface area (Å²) < 4.78 is 0. The monoisotopic (exact) mass is 336 g/mol. The highest BCUT2D eigenvalue weighted by Gasteiger charge is 2.11. The summed E-state index contributed by atoms with van der Waals surface area (Å²) in [6, 6.07) is 14.7. The fourth-order valence-electron chi connectivity index (χ4n) is 2.03. The quantitative estimate of drug-likeness (QED) is 0.574. The van der Waals surface area contributed by atoms with Gasteiger partial charge in [-0.05, 0) is 31.2 Å². The fourth-order valence-corrected chi connectivity index (χ4v) is 2.03. The van der Waals surface area contributed by atoms with Crippen LogP contribution in [0.15, 0.2) is 53.6 Å². The van der Waals surface area contributed by atoms with Gasteiger partial charge in [-0.15, -0.1) is 0 Å². The first-order valence-electron chi connectivity index (χ1n) is 7.41. The number of aromatic hydroxyl groups is 1. The number of hydrazone groups is 1. The van der Waals surface area contributed by atoms with E-state index in [4.69, 9.17) is 5.26 Å². The predicted octanol–water partition coefficient (Wildman–Crippen LogP) is 2.40. The average Bonchev–Trinajstić information content (AvgIpc) is 2.60. The smallest absolute Gasteiger partial charge is 0.275 e. The molecule has 0 saturated heterocycles. The number of amides is 2. The van der Waals surface area contributed by atoms with Gasteiger partial charge in [0.2, 0.25) is 5.91 Å². The summed E-state index contributed by atoms with van der Waals surface area (Å²) in [7, 11) is 0. The van der Waals surface area contributed by atoms with E-state index in [1.165, 1.54) is 12.1 Å². The predicted molar refractivity (Wildman–Crippen MR) is 93.1 cm³/mol. The van der Waals surface area contributed by atoms with Crippen molar-refractivity contribution in [2.24, 2.45) is 5.10 Å². The topological polar surface area (TPSA) is 115 Å². The summed E-state index contributed by atoms with van der Waals surface area (Å²) in [6.07, 6.45) is -0.0547. The largest absolute Gasteiger partial charge is 0.507 e. The number of benzene rings is 2. The molecule has 0 aliphatic carbocycles. The maximum atomic E-state index is 12.0. The van der Waals surface area contributed by atoms with Crippen LogP contribution in [0.25, 0.3) is 0 Å². The summed E-state index contributed by atoms with van der Waals surface area (Å²) in [5.41, 5.74) is 3.53. The second-order valence-electron chi connectivity index (χ2n) is 5.19. The first kappa shape index (κ1) is 17.7. The summed E-state index contributed by atoms with van der Waals surface area (Å²) in [5, 5.41) is 25.1. The van der Waals surface area contributed by atoms with Crippen molar-refractivity contribution in [3.05, 3.63) is 59.7 Å². The van der Waals surface area contributed by atoms with Crippen molar-refractivity contribution in [3.8, 4) is 11.8 Å².